The number of aromatic carboxylic acids is 1. The molecule has 0 aliphatic heterocycles. The lowest BCUT2D eigenvalue weighted by atomic mass is 10.3. The number of hydrogen-bond acceptors (Lipinski definition) is 4. The second-order valence-corrected chi connectivity index (χ2v) is 4.33. The van der Waals surface area contributed by atoms with E-state index in [0.29, 0.717) is 23.6 Å². The largest absolute Gasteiger partial charge is 0.475 e. The molecule has 0 aromatic carbocycles. The van der Waals surface area contributed by atoms with E-state index in [1.807, 2.05) is 0 Å². The van der Waals surface area contributed by atoms with Crippen LogP contribution in [0.1, 0.15) is 28.3 Å². The second kappa shape index (κ2) is 5.82. The molecular weight excluding hydrogens is 214 g/mol. The fraction of sp³-hybridized carbons (Fsp3) is 0.500. The van der Waals surface area contributed by atoms with Crippen LogP contribution in [0.5, 0.6) is 0 Å². The van der Waals surface area contributed by atoms with E-state index in [0.717, 1.165) is 12.2 Å². The van der Waals surface area contributed by atoms with Gasteiger partial charge in [-0.25, -0.2) is 4.79 Å². The summed E-state index contributed by atoms with van der Waals surface area (Å²) in [6.45, 7) is 2.42. The maximum Gasteiger partial charge on any atom is 0.372 e. The van der Waals surface area contributed by atoms with Crippen LogP contribution in [0.2, 0.25) is 0 Å². The van der Waals surface area contributed by atoms with E-state index >= 15 is 0 Å². The van der Waals surface area contributed by atoms with E-state index in [1.54, 1.807) is 24.8 Å². The molecule has 0 spiro atoms. The molecule has 0 bridgehead atoms. The summed E-state index contributed by atoms with van der Waals surface area (Å²) in [4.78, 5) is 10.7. The molecule has 0 aliphatic rings. The van der Waals surface area contributed by atoms with E-state index in [4.69, 9.17) is 15.3 Å². The predicted octanol–water partition coefficient (Wildman–Crippen LogP) is 1.87. The number of nitrogens with two attached hydrogens (primary N) is 1. The number of furan rings is 1. The van der Waals surface area contributed by atoms with Gasteiger partial charge in [0.25, 0.3) is 0 Å². The first-order valence-electron chi connectivity index (χ1n) is 4.75. The fourth-order valence-electron chi connectivity index (χ4n) is 1.19. The van der Waals surface area contributed by atoms with E-state index in [-0.39, 0.29) is 5.76 Å². The Bertz CT molecular complexity index is 335. The highest BCUT2D eigenvalue weighted by atomic mass is 32.2. The molecule has 0 amide bonds. The lowest BCUT2D eigenvalue weighted by Gasteiger charge is -1.96. The van der Waals surface area contributed by atoms with Crippen LogP contribution in [-0.2, 0) is 5.75 Å². The van der Waals surface area contributed by atoms with Gasteiger partial charge in [0, 0.05) is 5.56 Å². The lowest BCUT2D eigenvalue weighted by molar-refractivity contribution is 0.0659. The van der Waals surface area contributed by atoms with Crippen molar-refractivity contribution >= 4 is 17.7 Å². The minimum Gasteiger partial charge on any atom is -0.475 e. The Morgan fingerprint density at radius 3 is 2.93 bits per heavy atom. The van der Waals surface area contributed by atoms with Gasteiger partial charge >= 0.3 is 5.97 Å². The standard InChI is InChI=1S/C10H15NO3S/c1-7-5-8(6-15-4-2-3-11)14-9(7)10(12)13/h5H,2-4,6,11H2,1H3,(H,12,13). The van der Waals surface area contributed by atoms with E-state index in [1.165, 1.54) is 0 Å². The van der Waals surface area contributed by atoms with Crippen molar-refractivity contribution in [1.82, 2.24) is 0 Å². The summed E-state index contributed by atoms with van der Waals surface area (Å²) in [7, 11) is 0. The average Bonchev–Trinajstić information content (AvgIpc) is 2.55. The molecule has 1 aromatic heterocycles. The Morgan fingerprint density at radius 1 is 1.67 bits per heavy atom. The maximum absolute atomic E-state index is 10.7. The molecule has 0 fully saturated rings. The van der Waals surface area contributed by atoms with Crippen LogP contribution in [0.15, 0.2) is 10.5 Å². The molecule has 3 N–H and O–H groups in total. The second-order valence-electron chi connectivity index (χ2n) is 3.22. The first-order valence-corrected chi connectivity index (χ1v) is 5.91. The number of hydrogen-bond donors (Lipinski definition) is 2. The number of thioether (sulfide) groups is 1. The zero-order chi connectivity index (χ0) is 11.3. The van der Waals surface area contributed by atoms with Crippen molar-refractivity contribution in [3.8, 4) is 0 Å². The van der Waals surface area contributed by atoms with Crippen LogP contribution < -0.4 is 5.73 Å². The van der Waals surface area contributed by atoms with Crippen LogP contribution in [-0.4, -0.2) is 23.4 Å². The molecule has 1 aromatic rings. The van der Waals surface area contributed by atoms with Gasteiger partial charge in [-0.15, -0.1) is 0 Å². The Labute approximate surface area is 92.8 Å². The van der Waals surface area contributed by atoms with Crippen molar-refractivity contribution in [2.45, 2.75) is 19.1 Å². The SMILES string of the molecule is Cc1cc(CSCCCN)oc1C(=O)O. The summed E-state index contributed by atoms with van der Waals surface area (Å²) in [5.74, 6) is 1.43. The summed E-state index contributed by atoms with van der Waals surface area (Å²) in [5.41, 5.74) is 6.04. The first kappa shape index (κ1) is 12.1. The minimum atomic E-state index is -1.01. The minimum absolute atomic E-state index is 0.0458. The molecule has 0 unspecified atom stereocenters. The molecule has 1 heterocycles. The molecule has 0 saturated carbocycles. The van der Waals surface area contributed by atoms with Gasteiger partial charge in [-0.1, -0.05) is 0 Å². The zero-order valence-electron chi connectivity index (χ0n) is 8.66. The van der Waals surface area contributed by atoms with Crippen molar-refractivity contribution in [2.24, 2.45) is 5.73 Å². The number of rotatable bonds is 6. The van der Waals surface area contributed by atoms with Crippen molar-refractivity contribution in [2.75, 3.05) is 12.3 Å². The summed E-state index contributed by atoms with van der Waals surface area (Å²) >= 11 is 1.70. The highest BCUT2D eigenvalue weighted by Gasteiger charge is 2.13. The highest BCUT2D eigenvalue weighted by molar-refractivity contribution is 7.98. The molecule has 15 heavy (non-hydrogen) atoms. The number of carboxylic acid groups (broad SMARTS) is 1. The summed E-state index contributed by atoms with van der Waals surface area (Å²) in [6, 6.07) is 1.78. The Morgan fingerprint density at radius 2 is 2.40 bits per heavy atom. The number of aryl methyl sites for hydroxylation is 1. The van der Waals surface area contributed by atoms with Gasteiger partial charge < -0.3 is 15.3 Å². The van der Waals surface area contributed by atoms with Crippen molar-refractivity contribution < 1.29 is 14.3 Å². The molecule has 0 atom stereocenters. The Hall–Kier alpha value is -0.940. The molecule has 84 valence electrons. The quantitative estimate of drug-likeness (QED) is 0.728. The molecular formula is C10H15NO3S. The lowest BCUT2D eigenvalue weighted by Crippen LogP contribution is -1.99. The highest BCUT2D eigenvalue weighted by Crippen LogP contribution is 2.19. The van der Waals surface area contributed by atoms with Gasteiger partial charge in [0.1, 0.15) is 5.76 Å². The Balaban J connectivity index is 2.48. The monoisotopic (exact) mass is 229 g/mol. The van der Waals surface area contributed by atoms with E-state index in [9.17, 15) is 4.79 Å². The van der Waals surface area contributed by atoms with Crippen LogP contribution in [0.25, 0.3) is 0 Å². The number of carboxylic acids is 1. The topological polar surface area (TPSA) is 76.5 Å². The fourth-order valence-corrected chi connectivity index (χ4v) is 2.05. The van der Waals surface area contributed by atoms with Gasteiger partial charge in [-0.05, 0) is 31.7 Å². The molecule has 5 heteroatoms. The predicted molar refractivity (Wildman–Crippen MR) is 60.2 cm³/mol. The van der Waals surface area contributed by atoms with Crippen molar-refractivity contribution in [3.05, 3.63) is 23.2 Å². The molecule has 0 aliphatic carbocycles. The van der Waals surface area contributed by atoms with Crippen LogP contribution in [0, 0.1) is 6.92 Å². The van der Waals surface area contributed by atoms with Crippen LogP contribution in [0.4, 0.5) is 0 Å². The third kappa shape index (κ3) is 3.60. The summed E-state index contributed by atoms with van der Waals surface area (Å²) in [6.07, 6.45) is 0.968. The van der Waals surface area contributed by atoms with Crippen molar-refractivity contribution in [3.63, 3.8) is 0 Å². The van der Waals surface area contributed by atoms with Gasteiger partial charge in [0.15, 0.2) is 0 Å². The number of carbonyl (C=O) groups is 1. The average molecular weight is 229 g/mol. The molecule has 1 rings (SSSR count). The van der Waals surface area contributed by atoms with Crippen molar-refractivity contribution in [1.29, 1.82) is 0 Å². The first-order chi connectivity index (χ1) is 7.15. The van der Waals surface area contributed by atoms with E-state index < -0.39 is 5.97 Å². The van der Waals surface area contributed by atoms with E-state index in [2.05, 4.69) is 0 Å². The summed E-state index contributed by atoms with van der Waals surface area (Å²) < 4.78 is 5.20. The van der Waals surface area contributed by atoms with Crippen LogP contribution >= 0.6 is 11.8 Å². The Kier molecular flexibility index (Phi) is 4.71. The normalized spacial score (nSPS) is 10.5. The molecule has 0 saturated heterocycles. The van der Waals surface area contributed by atoms with Gasteiger partial charge in [-0.2, -0.15) is 11.8 Å². The zero-order valence-corrected chi connectivity index (χ0v) is 9.47. The smallest absolute Gasteiger partial charge is 0.372 e. The van der Waals surface area contributed by atoms with Gasteiger partial charge in [-0.3, -0.25) is 0 Å². The van der Waals surface area contributed by atoms with Crippen LogP contribution in [0.3, 0.4) is 0 Å². The third-order valence-corrected chi connectivity index (χ3v) is 2.97. The molecule has 4 nitrogen and oxygen atoms in total. The maximum atomic E-state index is 10.7. The van der Waals surface area contributed by atoms with Gasteiger partial charge in [0.05, 0.1) is 5.75 Å². The van der Waals surface area contributed by atoms with Gasteiger partial charge in [0.2, 0.25) is 5.76 Å². The third-order valence-electron chi connectivity index (χ3n) is 1.90. The molecule has 0 radical (unpaired) electrons. The summed E-state index contributed by atoms with van der Waals surface area (Å²) in [5, 5.41) is 8.77.